The number of hydrogen-bond donors (Lipinski definition) is 1. The Morgan fingerprint density at radius 3 is 1.33 bits per heavy atom. The van der Waals surface area contributed by atoms with Gasteiger partial charge in [0.25, 0.3) is 0 Å². The van der Waals surface area contributed by atoms with E-state index < -0.39 is 0 Å². The molecular formula is C6H13N3. The Morgan fingerprint density at radius 2 is 1.22 bits per heavy atom. The van der Waals surface area contributed by atoms with E-state index in [0.29, 0.717) is 0 Å². The molecule has 0 bridgehead atoms. The first-order valence-corrected chi connectivity index (χ1v) is 2.74. The Labute approximate surface area is 56.0 Å². The van der Waals surface area contributed by atoms with Crippen molar-refractivity contribution in [3.63, 3.8) is 0 Å². The predicted octanol–water partition coefficient (Wildman–Crippen LogP) is 1.74. The van der Waals surface area contributed by atoms with Gasteiger partial charge in [-0.2, -0.15) is 10.2 Å². The summed E-state index contributed by atoms with van der Waals surface area (Å²) in [6, 6.07) is 0. The molecule has 0 radical (unpaired) electrons. The number of nitrogens with zero attached hydrogens (tertiary/aromatic N) is 2. The van der Waals surface area contributed by atoms with Crippen molar-refractivity contribution < 1.29 is 0 Å². The van der Waals surface area contributed by atoms with Crippen molar-refractivity contribution in [1.82, 2.24) is 0 Å². The van der Waals surface area contributed by atoms with Gasteiger partial charge in [-0.1, -0.05) is 0 Å². The Morgan fingerprint density at radius 1 is 1.00 bits per heavy atom. The van der Waals surface area contributed by atoms with E-state index in [0.717, 1.165) is 0 Å². The van der Waals surface area contributed by atoms with Gasteiger partial charge in [-0.15, -0.1) is 0 Å². The lowest BCUT2D eigenvalue weighted by molar-refractivity contribution is 1.26. The van der Waals surface area contributed by atoms with E-state index in [9.17, 15) is 0 Å². The van der Waals surface area contributed by atoms with E-state index in [4.69, 9.17) is 5.41 Å². The molecule has 0 heterocycles. The van der Waals surface area contributed by atoms with Crippen molar-refractivity contribution in [2.24, 2.45) is 10.2 Å². The van der Waals surface area contributed by atoms with E-state index >= 15 is 0 Å². The minimum Gasteiger partial charge on any atom is -0.313 e. The van der Waals surface area contributed by atoms with E-state index in [2.05, 4.69) is 10.2 Å². The van der Waals surface area contributed by atoms with E-state index in [-0.39, 0.29) is 0 Å². The zero-order valence-corrected chi connectivity index (χ0v) is 6.13. The van der Waals surface area contributed by atoms with Gasteiger partial charge in [0.2, 0.25) is 0 Å². The smallest absolute Gasteiger partial charge is 0.0239 e. The van der Waals surface area contributed by atoms with Gasteiger partial charge in [-0.25, -0.2) is 0 Å². The minimum atomic E-state index is 1.25. The lowest BCUT2D eigenvalue weighted by atomic mass is 10.9. The summed E-state index contributed by atoms with van der Waals surface area (Å²) in [7, 11) is 0. The molecule has 52 valence electrons. The first-order valence-electron chi connectivity index (χ1n) is 2.74. The van der Waals surface area contributed by atoms with Crippen LogP contribution in [0.4, 0.5) is 0 Å². The van der Waals surface area contributed by atoms with Crippen LogP contribution in [0.1, 0.15) is 20.8 Å². The van der Waals surface area contributed by atoms with Gasteiger partial charge in [-0.05, 0) is 27.0 Å². The van der Waals surface area contributed by atoms with Crippen LogP contribution in [0, 0.1) is 5.41 Å². The van der Waals surface area contributed by atoms with Crippen LogP contribution < -0.4 is 0 Å². The molecule has 0 aliphatic carbocycles. The average Bonchev–Trinajstić information content (AvgIpc) is 1.86. The molecule has 9 heavy (non-hydrogen) atoms. The normalized spacial score (nSPS) is 9.22. The first kappa shape index (κ1) is 10.9. The lowest BCUT2D eigenvalue weighted by Gasteiger charge is -1.64. The summed E-state index contributed by atoms with van der Waals surface area (Å²) in [5.74, 6) is 0. The number of nitrogens with one attached hydrogen (secondary N) is 1. The largest absolute Gasteiger partial charge is 0.313 e. The second-order valence-electron chi connectivity index (χ2n) is 1.04. The number of rotatable bonds is 1. The van der Waals surface area contributed by atoms with Crippen molar-refractivity contribution in [2.45, 2.75) is 20.8 Å². The van der Waals surface area contributed by atoms with E-state index in [1.165, 1.54) is 6.21 Å². The fraction of sp³-hybridized carbons (Fsp3) is 0.500. The summed E-state index contributed by atoms with van der Waals surface area (Å²) in [6.07, 6.45) is 4.53. The van der Waals surface area contributed by atoms with E-state index in [1.54, 1.807) is 19.4 Å². The molecule has 0 saturated heterocycles. The zero-order valence-electron chi connectivity index (χ0n) is 6.13. The maximum Gasteiger partial charge on any atom is 0.0239 e. The summed E-state index contributed by atoms with van der Waals surface area (Å²) in [4.78, 5) is 0. The van der Waals surface area contributed by atoms with Crippen LogP contribution in [0.15, 0.2) is 10.2 Å². The lowest BCUT2D eigenvalue weighted by Crippen LogP contribution is -1.55. The van der Waals surface area contributed by atoms with Crippen LogP contribution in [0.25, 0.3) is 0 Å². The molecule has 0 aromatic carbocycles. The quantitative estimate of drug-likeness (QED) is 0.412. The second-order valence-corrected chi connectivity index (χ2v) is 1.04. The maximum absolute atomic E-state index is 6.08. The highest BCUT2D eigenvalue weighted by atomic mass is 15.2. The average molecular weight is 127 g/mol. The summed E-state index contributed by atoms with van der Waals surface area (Å²) < 4.78 is 0. The molecule has 0 aliphatic rings. The molecule has 0 fully saturated rings. The molecule has 0 aromatic heterocycles. The van der Waals surface area contributed by atoms with Crippen LogP contribution in [0.2, 0.25) is 0 Å². The van der Waals surface area contributed by atoms with Crippen LogP contribution >= 0.6 is 0 Å². The molecule has 3 nitrogen and oxygen atoms in total. The Balaban J connectivity index is 0. The second kappa shape index (κ2) is 15.7. The minimum absolute atomic E-state index is 1.25. The van der Waals surface area contributed by atoms with Gasteiger partial charge >= 0.3 is 0 Å². The SMILES string of the molecule is CC=N.CC=NN=CC. The van der Waals surface area contributed by atoms with Gasteiger partial charge in [0.15, 0.2) is 0 Å². The molecule has 0 amide bonds. The van der Waals surface area contributed by atoms with Crippen molar-refractivity contribution >= 4 is 18.6 Å². The van der Waals surface area contributed by atoms with E-state index in [1.807, 2.05) is 13.8 Å². The fourth-order valence-corrected chi connectivity index (χ4v) is 0.133. The third-order valence-electron chi connectivity index (χ3n) is 0.298. The summed E-state index contributed by atoms with van der Waals surface area (Å²) >= 11 is 0. The first-order chi connectivity index (χ1) is 4.33. The fourth-order valence-electron chi connectivity index (χ4n) is 0.133. The Hall–Kier alpha value is -0.990. The van der Waals surface area contributed by atoms with Gasteiger partial charge < -0.3 is 5.41 Å². The highest BCUT2D eigenvalue weighted by molar-refractivity contribution is 5.57. The molecule has 0 unspecified atom stereocenters. The molecule has 0 atom stereocenters. The Kier molecular flexibility index (Phi) is 19.1. The molecule has 0 saturated carbocycles. The standard InChI is InChI=1S/C4H8N2.C2H5N/c1-3-5-6-4-2;1-2-3/h3-4H,1-2H3;2-3H,1H3. The summed E-state index contributed by atoms with van der Waals surface area (Å²) in [5.41, 5.74) is 0. The summed E-state index contributed by atoms with van der Waals surface area (Å²) in [6.45, 7) is 5.32. The van der Waals surface area contributed by atoms with Gasteiger partial charge in [0.1, 0.15) is 0 Å². The van der Waals surface area contributed by atoms with Gasteiger partial charge in [0.05, 0.1) is 0 Å². The highest BCUT2D eigenvalue weighted by Gasteiger charge is 1.48. The van der Waals surface area contributed by atoms with Crippen LogP contribution in [-0.4, -0.2) is 18.6 Å². The molecule has 0 aromatic rings. The van der Waals surface area contributed by atoms with Crippen LogP contribution in [0.5, 0.6) is 0 Å². The third kappa shape index (κ3) is 43.6. The van der Waals surface area contributed by atoms with Crippen molar-refractivity contribution in [3.05, 3.63) is 0 Å². The van der Waals surface area contributed by atoms with Crippen molar-refractivity contribution in [2.75, 3.05) is 0 Å². The zero-order chi connectivity index (χ0) is 7.54. The summed E-state index contributed by atoms with van der Waals surface area (Å²) in [5, 5.41) is 13.2. The monoisotopic (exact) mass is 127 g/mol. The molecule has 1 N–H and O–H groups in total. The Bertz CT molecular complexity index is 84.5. The van der Waals surface area contributed by atoms with Gasteiger partial charge in [-0.3, -0.25) is 0 Å². The highest BCUT2D eigenvalue weighted by Crippen LogP contribution is 1.60. The van der Waals surface area contributed by atoms with Gasteiger partial charge in [0, 0.05) is 12.4 Å². The van der Waals surface area contributed by atoms with Crippen molar-refractivity contribution in [3.8, 4) is 0 Å². The molecule has 0 spiro atoms. The maximum atomic E-state index is 6.08. The molecular weight excluding hydrogens is 114 g/mol. The van der Waals surface area contributed by atoms with Crippen LogP contribution in [-0.2, 0) is 0 Å². The predicted molar refractivity (Wildman–Crippen MR) is 42.8 cm³/mol. The molecule has 0 aliphatic heterocycles. The third-order valence-corrected chi connectivity index (χ3v) is 0.298. The van der Waals surface area contributed by atoms with Crippen LogP contribution in [0.3, 0.4) is 0 Å². The molecule has 3 heteroatoms. The topological polar surface area (TPSA) is 48.6 Å². The van der Waals surface area contributed by atoms with Crippen molar-refractivity contribution in [1.29, 1.82) is 5.41 Å². The molecule has 0 rings (SSSR count). The number of hydrogen-bond acceptors (Lipinski definition) is 3.